The maximum Gasteiger partial charge on any atom is 0.305 e. The molecule has 0 spiro atoms. The molecule has 1 fully saturated rings. The van der Waals surface area contributed by atoms with Crippen molar-refractivity contribution in [2.24, 2.45) is 10.4 Å². The number of unbranched alkanes of at least 4 members (excludes halogenated alkanes) is 2. The third-order valence-corrected chi connectivity index (χ3v) is 4.85. The first-order valence-electron chi connectivity index (χ1n) is 8.67. The molecule has 1 rings (SSSR count). The van der Waals surface area contributed by atoms with Crippen molar-refractivity contribution in [3.05, 3.63) is 0 Å². The van der Waals surface area contributed by atoms with E-state index < -0.39 is 0 Å². The van der Waals surface area contributed by atoms with Crippen molar-refractivity contribution in [3.63, 3.8) is 0 Å². The molecule has 0 unspecified atom stereocenters. The Balaban J connectivity index is 0.00000484. The quantitative estimate of drug-likeness (QED) is 0.190. The molecule has 1 aliphatic rings. The van der Waals surface area contributed by atoms with Crippen LogP contribution in [0, 0.1) is 5.41 Å². The Morgan fingerprint density at radius 1 is 1.17 bits per heavy atom. The van der Waals surface area contributed by atoms with Crippen LogP contribution >= 0.6 is 24.0 Å². The van der Waals surface area contributed by atoms with E-state index in [1.807, 2.05) is 7.05 Å². The molecule has 0 atom stereocenters. The van der Waals surface area contributed by atoms with Crippen LogP contribution in [-0.4, -0.2) is 39.2 Å². The van der Waals surface area contributed by atoms with E-state index >= 15 is 0 Å². The second-order valence-corrected chi connectivity index (χ2v) is 6.30. The van der Waals surface area contributed by atoms with E-state index in [0.29, 0.717) is 11.8 Å². The SMILES string of the molecule is CCC1(CNC(=NC)NCCCCCC(=O)OC)CCCC1.I. The van der Waals surface area contributed by atoms with Gasteiger partial charge in [0.25, 0.3) is 0 Å². The van der Waals surface area contributed by atoms with Gasteiger partial charge in [0.05, 0.1) is 7.11 Å². The first-order chi connectivity index (χ1) is 10.7. The summed E-state index contributed by atoms with van der Waals surface area (Å²) < 4.78 is 4.63. The lowest BCUT2D eigenvalue weighted by molar-refractivity contribution is -0.140. The van der Waals surface area contributed by atoms with Gasteiger partial charge >= 0.3 is 5.97 Å². The third-order valence-electron chi connectivity index (χ3n) is 4.85. The zero-order valence-corrected chi connectivity index (χ0v) is 17.3. The molecule has 0 bridgehead atoms. The van der Waals surface area contributed by atoms with Crippen LogP contribution in [0.5, 0.6) is 0 Å². The summed E-state index contributed by atoms with van der Waals surface area (Å²) >= 11 is 0. The molecule has 2 N–H and O–H groups in total. The van der Waals surface area contributed by atoms with Crippen LogP contribution in [0.15, 0.2) is 4.99 Å². The predicted molar refractivity (Wildman–Crippen MR) is 106 cm³/mol. The van der Waals surface area contributed by atoms with Gasteiger partial charge in [0.2, 0.25) is 0 Å². The lowest BCUT2D eigenvalue weighted by Gasteiger charge is -2.28. The molecular formula is C17H34IN3O2. The lowest BCUT2D eigenvalue weighted by Crippen LogP contribution is -2.43. The van der Waals surface area contributed by atoms with Gasteiger partial charge in [-0.25, -0.2) is 0 Å². The first kappa shape index (κ1) is 22.5. The molecule has 136 valence electrons. The summed E-state index contributed by atoms with van der Waals surface area (Å²) in [5.74, 6) is 0.777. The van der Waals surface area contributed by atoms with E-state index in [-0.39, 0.29) is 29.9 Å². The van der Waals surface area contributed by atoms with Crippen LogP contribution in [-0.2, 0) is 9.53 Å². The van der Waals surface area contributed by atoms with Crippen LogP contribution < -0.4 is 10.6 Å². The largest absolute Gasteiger partial charge is 0.469 e. The van der Waals surface area contributed by atoms with Crippen LogP contribution in [0.3, 0.4) is 0 Å². The Bertz CT molecular complexity index is 356. The Kier molecular flexibility index (Phi) is 12.5. The smallest absolute Gasteiger partial charge is 0.305 e. The summed E-state index contributed by atoms with van der Waals surface area (Å²) in [6, 6.07) is 0. The van der Waals surface area contributed by atoms with Crippen LogP contribution in [0.2, 0.25) is 0 Å². The summed E-state index contributed by atoms with van der Waals surface area (Å²) in [6.45, 7) is 4.20. The van der Waals surface area contributed by atoms with Crippen LogP contribution in [0.4, 0.5) is 0 Å². The molecule has 0 saturated heterocycles. The number of aliphatic imine (C=N–C) groups is 1. The fourth-order valence-electron chi connectivity index (χ4n) is 3.15. The van der Waals surface area contributed by atoms with E-state index in [1.54, 1.807) is 0 Å². The number of carbonyl (C=O) groups is 1. The fraction of sp³-hybridized carbons (Fsp3) is 0.882. The maximum atomic E-state index is 11.0. The first-order valence-corrected chi connectivity index (χ1v) is 8.67. The van der Waals surface area contributed by atoms with Gasteiger partial charge < -0.3 is 15.4 Å². The number of hydrogen-bond donors (Lipinski definition) is 2. The second kappa shape index (κ2) is 12.8. The third kappa shape index (κ3) is 8.77. The molecule has 23 heavy (non-hydrogen) atoms. The summed E-state index contributed by atoms with van der Waals surface area (Å²) in [5.41, 5.74) is 0.470. The second-order valence-electron chi connectivity index (χ2n) is 6.30. The highest BCUT2D eigenvalue weighted by Gasteiger charge is 2.31. The number of esters is 1. The number of hydrogen-bond acceptors (Lipinski definition) is 3. The summed E-state index contributed by atoms with van der Waals surface area (Å²) in [7, 11) is 3.26. The molecule has 0 amide bonds. The van der Waals surface area contributed by atoms with Crippen LogP contribution in [0.1, 0.15) is 64.7 Å². The zero-order valence-electron chi connectivity index (χ0n) is 15.0. The maximum absolute atomic E-state index is 11.0. The number of nitrogens with zero attached hydrogens (tertiary/aromatic N) is 1. The summed E-state index contributed by atoms with van der Waals surface area (Å²) in [4.78, 5) is 15.3. The van der Waals surface area contributed by atoms with Crippen molar-refractivity contribution in [1.82, 2.24) is 10.6 Å². The van der Waals surface area contributed by atoms with E-state index in [4.69, 9.17) is 0 Å². The molecule has 0 aliphatic heterocycles. The molecule has 0 aromatic heterocycles. The molecule has 5 nitrogen and oxygen atoms in total. The molecule has 0 aromatic rings. The van der Waals surface area contributed by atoms with Crippen molar-refractivity contribution < 1.29 is 9.53 Å². The lowest BCUT2D eigenvalue weighted by atomic mass is 9.83. The predicted octanol–water partition coefficient (Wildman–Crippen LogP) is 3.47. The Hall–Kier alpha value is -0.530. The van der Waals surface area contributed by atoms with Crippen molar-refractivity contribution in [3.8, 4) is 0 Å². The van der Waals surface area contributed by atoms with Crippen molar-refractivity contribution in [2.45, 2.75) is 64.7 Å². The monoisotopic (exact) mass is 439 g/mol. The topological polar surface area (TPSA) is 62.7 Å². The highest BCUT2D eigenvalue weighted by Crippen LogP contribution is 2.40. The Morgan fingerprint density at radius 3 is 2.43 bits per heavy atom. The number of methoxy groups -OCH3 is 1. The standard InChI is InChI=1S/C17H33N3O2.HI/c1-4-17(11-7-8-12-17)14-20-16(18-2)19-13-9-5-6-10-15(21)22-3;/h4-14H2,1-3H3,(H2,18,19,20);1H. The minimum absolute atomic E-state index is 0. The number of rotatable bonds is 9. The molecule has 0 radical (unpaired) electrons. The number of ether oxygens (including phenoxy) is 1. The highest BCUT2D eigenvalue weighted by molar-refractivity contribution is 14.0. The number of guanidine groups is 1. The number of carbonyl (C=O) groups excluding carboxylic acids is 1. The van der Waals surface area contributed by atoms with Gasteiger partial charge in [-0.2, -0.15) is 0 Å². The molecule has 1 saturated carbocycles. The van der Waals surface area contributed by atoms with Crippen molar-refractivity contribution >= 4 is 35.9 Å². The number of halogens is 1. The fourth-order valence-corrected chi connectivity index (χ4v) is 3.15. The van der Waals surface area contributed by atoms with Gasteiger partial charge in [-0.05, 0) is 37.5 Å². The van der Waals surface area contributed by atoms with Gasteiger partial charge in [0.15, 0.2) is 5.96 Å². The normalized spacial score (nSPS) is 16.6. The van der Waals surface area contributed by atoms with E-state index in [2.05, 4.69) is 27.3 Å². The summed E-state index contributed by atoms with van der Waals surface area (Å²) in [5, 5.41) is 6.85. The molecule has 6 heteroatoms. The average Bonchev–Trinajstić information content (AvgIpc) is 3.02. The van der Waals surface area contributed by atoms with Gasteiger partial charge in [-0.1, -0.05) is 26.2 Å². The minimum Gasteiger partial charge on any atom is -0.469 e. The Morgan fingerprint density at radius 2 is 1.87 bits per heavy atom. The zero-order chi connectivity index (χ0) is 16.3. The molecule has 0 aromatic carbocycles. The van der Waals surface area contributed by atoms with Crippen molar-refractivity contribution in [1.29, 1.82) is 0 Å². The highest BCUT2D eigenvalue weighted by atomic mass is 127. The van der Waals surface area contributed by atoms with Crippen LogP contribution in [0.25, 0.3) is 0 Å². The average molecular weight is 439 g/mol. The molecule has 0 heterocycles. The van der Waals surface area contributed by atoms with E-state index in [0.717, 1.165) is 38.3 Å². The van der Waals surface area contributed by atoms with Gasteiger partial charge in [-0.3, -0.25) is 9.79 Å². The van der Waals surface area contributed by atoms with E-state index in [9.17, 15) is 4.79 Å². The van der Waals surface area contributed by atoms with Gasteiger partial charge in [0.1, 0.15) is 0 Å². The molecular weight excluding hydrogens is 405 g/mol. The Labute approximate surface area is 158 Å². The van der Waals surface area contributed by atoms with Crippen molar-refractivity contribution in [2.75, 3.05) is 27.2 Å². The van der Waals surface area contributed by atoms with Gasteiger partial charge in [-0.15, -0.1) is 24.0 Å². The molecule has 1 aliphatic carbocycles. The number of nitrogens with one attached hydrogen (secondary N) is 2. The van der Waals surface area contributed by atoms with E-state index in [1.165, 1.54) is 39.2 Å². The summed E-state index contributed by atoms with van der Waals surface area (Å²) in [6.07, 6.45) is 10.1. The van der Waals surface area contributed by atoms with Gasteiger partial charge in [0, 0.05) is 26.6 Å². The minimum atomic E-state index is -0.119.